The van der Waals surface area contributed by atoms with Crippen molar-refractivity contribution in [2.24, 2.45) is 0 Å². The Morgan fingerprint density at radius 1 is 1.10 bits per heavy atom. The number of amides is 1. The molecule has 3 heterocycles. The van der Waals surface area contributed by atoms with Crippen LogP contribution in [0.1, 0.15) is 27.0 Å². The van der Waals surface area contributed by atoms with Crippen LogP contribution in [0.25, 0.3) is 11.0 Å². The summed E-state index contributed by atoms with van der Waals surface area (Å²) in [4.78, 5) is 29.0. The van der Waals surface area contributed by atoms with Gasteiger partial charge in [-0.05, 0) is 41.3 Å². The number of hydrogen-bond donors (Lipinski definition) is 1. The molecule has 5 nitrogen and oxygen atoms in total. The van der Waals surface area contributed by atoms with E-state index in [1.54, 1.807) is 12.1 Å². The van der Waals surface area contributed by atoms with Gasteiger partial charge in [0.1, 0.15) is 5.58 Å². The summed E-state index contributed by atoms with van der Waals surface area (Å²) in [6.45, 7) is 0.290. The van der Waals surface area contributed by atoms with Crippen molar-refractivity contribution in [2.75, 3.05) is 0 Å². The molecular weight excluding hydrogens is 478 g/mol. The van der Waals surface area contributed by atoms with Gasteiger partial charge in [-0.3, -0.25) is 9.59 Å². The SMILES string of the molecule is O=C(C1=C(O)C(=O)N(Cc2cccs2)C1c1ccc(Br)cc1)c1cc2ccccc2o1. The first-order valence-electron chi connectivity index (χ1n) is 9.58. The van der Waals surface area contributed by atoms with E-state index in [9.17, 15) is 14.7 Å². The van der Waals surface area contributed by atoms with Gasteiger partial charge in [-0.1, -0.05) is 52.3 Å². The standard InChI is InChI=1S/C24H16BrNO4S/c25-16-9-7-14(8-10-16)21-20(22(27)19-12-15-4-1-2-6-18(15)30-19)23(28)24(29)26(21)13-17-5-3-11-31-17/h1-12,21,28H,13H2. The van der Waals surface area contributed by atoms with E-state index in [4.69, 9.17) is 4.42 Å². The second-order valence-electron chi connectivity index (χ2n) is 7.21. The van der Waals surface area contributed by atoms with Crippen molar-refractivity contribution in [3.8, 4) is 0 Å². The van der Waals surface area contributed by atoms with E-state index in [-0.39, 0.29) is 17.9 Å². The number of rotatable bonds is 5. The van der Waals surface area contributed by atoms with Crippen LogP contribution < -0.4 is 0 Å². The summed E-state index contributed by atoms with van der Waals surface area (Å²) in [6, 6.07) is 19.4. The van der Waals surface area contributed by atoms with Crippen LogP contribution in [0.5, 0.6) is 0 Å². The van der Waals surface area contributed by atoms with Crippen molar-refractivity contribution in [3.05, 3.63) is 104 Å². The number of fused-ring (bicyclic) bond motifs is 1. The summed E-state index contributed by atoms with van der Waals surface area (Å²) in [7, 11) is 0. The van der Waals surface area contributed by atoms with Gasteiger partial charge in [0.25, 0.3) is 5.91 Å². The third-order valence-electron chi connectivity index (χ3n) is 5.29. The molecule has 1 N–H and O–H groups in total. The zero-order valence-corrected chi connectivity index (χ0v) is 18.5. The first-order valence-corrected chi connectivity index (χ1v) is 11.3. The number of aliphatic hydroxyl groups is 1. The maximum Gasteiger partial charge on any atom is 0.290 e. The third kappa shape index (κ3) is 3.49. The topological polar surface area (TPSA) is 70.8 Å². The molecule has 4 aromatic rings. The van der Waals surface area contributed by atoms with Gasteiger partial charge in [-0.25, -0.2) is 0 Å². The average molecular weight is 494 g/mol. The second kappa shape index (κ2) is 7.83. The van der Waals surface area contributed by atoms with Gasteiger partial charge in [0.2, 0.25) is 5.78 Å². The molecule has 1 aliphatic rings. The Bertz CT molecular complexity index is 1290. The largest absolute Gasteiger partial charge is 0.503 e. The maximum atomic E-state index is 13.5. The van der Waals surface area contributed by atoms with Crippen molar-refractivity contribution >= 4 is 49.9 Å². The molecule has 0 spiro atoms. The number of thiophene rings is 1. The van der Waals surface area contributed by atoms with Crippen LogP contribution in [0.2, 0.25) is 0 Å². The number of para-hydroxylation sites is 1. The lowest BCUT2D eigenvalue weighted by atomic mass is 9.95. The summed E-state index contributed by atoms with van der Waals surface area (Å²) in [5.74, 6) is -1.50. The zero-order valence-electron chi connectivity index (χ0n) is 16.1. The fourth-order valence-corrected chi connectivity index (χ4v) is 4.80. The van der Waals surface area contributed by atoms with Gasteiger partial charge in [0, 0.05) is 14.7 Å². The second-order valence-corrected chi connectivity index (χ2v) is 9.15. The Morgan fingerprint density at radius 3 is 2.58 bits per heavy atom. The van der Waals surface area contributed by atoms with E-state index in [2.05, 4.69) is 15.9 Å². The predicted octanol–water partition coefficient (Wildman–Crippen LogP) is 6.04. The summed E-state index contributed by atoms with van der Waals surface area (Å²) in [6.07, 6.45) is 0. The van der Waals surface area contributed by atoms with Gasteiger partial charge < -0.3 is 14.4 Å². The number of carbonyl (C=O) groups excluding carboxylic acids is 2. The lowest BCUT2D eigenvalue weighted by molar-refractivity contribution is -0.130. The first-order chi connectivity index (χ1) is 15.0. The van der Waals surface area contributed by atoms with Crippen molar-refractivity contribution < 1.29 is 19.1 Å². The fraction of sp³-hybridized carbons (Fsp3) is 0.0833. The highest BCUT2D eigenvalue weighted by Gasteiger charge is 2.44. The maximum absolute atomic E-state index is 13.5. The summed E-state index contributed by atoms with van der Waals surface area (Å²) >= 11 is 4.94. The number of Topliss-reactive ketones (excluding diaryl/α,β-unsaturated/α-hetero) is 1. The Hall–Kier alpha value is -3.16. The predicted molar refractivity (Wildman–Crippen MR) is 122 cm³/mol. The Kier molecular flexibility index (Phi) is 5.00. The van der Waals surface area contributed by atoms with E-state index >= 15 is 0 Å². The Morgan fingerprint density at radius 2 is 1.87 bits per heavy atom. The lowest BCUT2D eigenvalue weighted by Gasteiger charge is -2.26. The minimum Gasteiger partial charge on any atom is -0.503 e. The van der Waals surface area contributed by atoms with Gasteiger partial charge in [-0.2, -0.15) is 0 Å². The van der Waals surface area contributed by atoms with Gasteiger partial charge >= 0.3 is 0 Å². The van der Waals surface area contributed by atoms with Gasteiger partial charge in [0.05, 0.1) is 18.2 Å². The molecule has 0 saturated heterocycles. The van der Waals surface area contributed by atoms with Crippen LogP contribution in [0, 0.1) is 0 Å². The monoisotopic (exact) mass is 493 g/mol. The number of furan rings is 1. The summed E-state index contributed by atoms with van der Waals surface area (Å²) in [5, 5.41) is 13.5. The summed E-state index contributed by atoms with van der Waals surface area (Å²) in [5.41, 5.74) is 1.34. The molecule has 1 atom stereocenters. The molecule has 1 unspecified atom stereocenters. The molecule has 0 saturated carbocycles. The number of hydrogen-bond acceptors (Lipinski definition) is 5. The molecule has 1 aliphatic heterocycles. The summed E-state index contributed by atoms with van der Waals surface area (Å²) < 4.78 is 6.62. The minimum atomic E-state index is -0.719. The van der Waals surface area contributed by atoms with Crippen LogP contribution >= 0.6 is 27.3 Å². The number of nitrogens with zero attached hydrogens (tertiary/aromatic N) is 1. The van der Waals surface area contributed by atoms with E-state index < -0.39 is 23.5 Å². The molecule has 0 radical (unpaired) electrons. The molecule has 154 valence electrons. The molecule has 1 amide bonds. The molecular formula is C24H16BrNO4S. The highest BCUT2D eigenvalue weighted by molar-refractivity contribution is 9.10. The van der Waals surface area contributed by atoms with Crippen LogP contribution in [-0.4, -0.2) is 21.7 Å². The number of ketones is 1. The molecule has 5 rings (SSSR count). The van der Waals surface area contributed by atoms with Crippen LogP contribution in [0.4, 0.5) is 0 Å². The smallest absolute Gasteiger partial charge is 0.290 e. The van der Waals surface area contributed by atoms with E-state index in [1.165, 1.54) is 16.2 Å². The number of benzene rings is 2. The Balaban J connectivity index is 1.61. The zero-order chi connectivity index (χ0) is 21.5. The molecule has 7 heteroatoms. The minimum absolute atomic E-state index is 0.0305. The van der Waals surface area contributed by atoms with Crippen molar-refractivity contribution in [2.45, 2.75) is 12.6 Å². The molecule has 0 aliphatic carbocycles. The number of carbonyl (C=O) groups is 2. The fourth-order valence-electron chi connectivity index (χ4n) is 3.84. The lowest BCUT2D eigenvalue weighted by Crippen LogP contribution is -2.30. The van der Waals surface area contributed by atoms with E-state index in [0.29, 0.717) is 5.58 Å². The Labute approximate surface area is 190 Å². The van der Waals surface area contributed by atoms with E-state index in [0.717, 1.165) is 20.3 Å². The molecule has 31 heavy (non-hydrogen) atoms. The average Bonchev–Trinajstić information content (AvgIpc) is 3.49. The highest BCUT2D eigenvalue weighted by atomic mass is 79.9. The van der Waals surface area contributed by atoms with Crippen molar-refractivity contribution in [3.63, 3.8) is 0 Å². The number of aliphatic hydroxyl groups excluding tert-OH is 1. The number of halogens is 1. The molecule has 2 aromatic carbocycles. The first kappa shape index (κ1) is 19.8. The van der Waals surface area contributed by atoms with Crippen molar-refractivity contribution in [1.29, 1.82) is 0 Å². The van der Waals surface area contributed by atoms with Gasteiger partial charge in [-0.15, -0.1) is 11.3 Å². The van der Waals surface area contributed by atoms with Crippen molar-refractivity contribution in [1.82, 2.24) is 4.90 Å². The molecule has 0 fully saturated rings. The van der Waals surface area contributed by atoms with Crippen LogP contribution in [0.3, 0.4) is 0 Å². The molecule has 0 bridgehead atoms. The van der Waals surface area contributed by atoms with E-state index in [1.807, 2.05) is 60.0 Å². The third-order valence-corrected chi connectivity index (χ3v) is 6.68. The van der Waals surface area contributed by atoms with Crippen LogP contribution in [-0.2, 0) is 11.3 Å². The van der Waals surface area contributed by atoms with Gasteiger partial charge in [0.15, 0.2) is 11.5 Å². The normalized spacial score (nSPS) is 16.5. The quantitative estimate of drug-likeness (QED) is 0.344. The molecule has 2 aromatic heterocycles. The van der Waals surface area contributed by atoms with Crippen LogP contribution in [0.15, 0.2) is 92.3 Å². The highest BCUT2D eigenvalue weighted by Crippen LogP contribution is 2.41.